The zero-order chi connectivity index (χ0) is 19.8. The summed E-state index contributed by atoms with van der Waals surface area (Å²) in [6.07, 6.45) is 2.76. The van der Waals surface area contributed by atoms with E-state index in [1.54, 1.807) is 37.4 Å². The Morgan fingerprint density at radius 3 is 2.33 bits per heavy atom. The molecule has 2 aromatic rings. The van der Waals surface area contributed by atoms with Crippen LogP contribution in [0.1, 0.15) is 15.9 Å². The van der Waals surface area contributed by atoms with Gasteiger partial charge >= 0.3 is 5.97 Å². The maximum absolute atomic E-state index is 12.1. The van der Waals surface area contributed by atoms with Gasteiger partial charge in [0.2, 0.25) is 0 Å². The minimum atomic E-state index is -0.652. The Labute approximate surface area is 162 Å². The van der Waals surface area contributed by atoms with E-state index in [0.29, 0.717) is 33.4 Å². The monoisotopic (exact) mass is 390 g/mol. The number of hydrogen-bond acceptors (Lipinski definition) is 6. The molecule has 2 aromatic carbocycles. The van der Waals surface area contributed by atoms with Gasteiger partial charge in [0.05, 0.1) is 26.4 Å². The first kappa shape index (κ1) is 20.3. The predicted molar refractivity (Wildman–Crippen MR) is 102 cm³/mol. The fourth-order valence-corrected chi connectivity index (χ4v) is 2.48. The molecule has 0 aliphatic rings. The average molecular weight is 391 g/mol. The van der Waals surface area contributed by atoms with Crippen LogP contribution in [-0.2, 0) is 9.53 Å². The van der Waals surface area contributed by atoms with E-state index in [-0.39, 0.29) is 5.78 Å². The number of halogens is 1. The van der Waals surface area contributed by atoms with Crippen molar-refractivity contribution in [1.82, 2.24) is 0 Å². The molecule has 0 aliphatic carbocycles. The molecule has 0 atom stereocenters. The Balaban J connectivity index is 1.97. The molecule has 0 aromatic heterocycles. The summed E-state index contributed by atoms with van der Waals surface area (Å²) in [5.74, 6) is 0.614. The molecule has 0 saturated heterocycles. The molecule has 0 amide bonds. The van der Waals surface area contributed by atoms with Crippen molar-refractivity contribution in [1.29, 1.82) is 0 Å². The number of rotatable bonds is 8. The van der Waals surface area contributed by atoms with Crippen LogP contribution in [0.3, 0.4) is 0 Å². The van der Waals surface area contributed by atoms with Crippen molar-refractivity contribution in [2.45, 2.75) is 0 Å². The lowest BCUT2D eigenvalue weighted by Crippen LogP contribution is -2.12. The largest absolute Gasteiger partial charge is 0.497 e. The van der Waals surface area contributed by atoms with Gasteiger partial charge in [0, 0.05) is 23.3 Å². The van der Waals surface area contributed by atoms with Crippen LogP contribution in [0.25, 0.3) is 6.08 Å². The second-order valence-electron chi connectivity index (χ2n) is 5.32. The number of benzene rings is 2. The first-order valence-corrected chi connectivity index (χ1v) is 8.30. The number of carbonyl (C=O) groups is 2. The Bertz CT molecular complexity index is 860. The molecule has 0 N–H and O–H groups in total. The second-order valence-corrected chi connectivity index (χ2v) is 5.73. The van der Waals surface area contributed by atoms with Gasteiger partial charge in [-0.25, -0.2) is 4.79 Å². The van der Waals surface area contributed by atoms with Crippen molar-refractivity contribution in [2.75, 3.05) is 27.9 Å². The molecule has 0 fully saturated rings. The van der Waals surface area contributed by atoms with Crippen LogP contribution < -0.4 is 14.2 Å². The van der Waals surface area contributed by atoms with Gasteiger partial charge in [0.25, 0.3) is 0 Å². The number of hydrogen-bond donors (Lipinski definition) is 0. The number of carbonyl (C=O) groups excluding carboxylic acids is 2. The third kappa shape index (κ3) is 5.49. The average Bonchev–Trinajstić information content (AvgIpc) is 2.70. The highest BCUT2D eigenvalue weighted by atomic mass is 35.5. The summed E-state index contributed by atoms with van der Waals surface area (Å²) in [5.41, 5.74) is 0.998. The maximum atomic E-state index is 12.1. The van der Waals surface area contributed by atoms with Gasteiger partial charge in [0.1, 0.15) is 17.2 Å². The fourth-order valence-electron chi connectivity index (χ4n) is 2.22. The summed E-state index contributed by atoms with van der Waals surface area (Å²) in [5, 5.41) is 0.307. The zero-order valence-corrected chi connectivity index (χ0v) is 15.9. The van der Waals surface area contributed by atoms with Gasteiger partial charge in [0.15, 0.2) is 12.4 Å². The molecule has 2 rings (SSSR count). The summed E-state index contributed by atoms with van der Waals surface area (Å²) in [7, 11) is 4.55. The van der Waals surface area contributed by atoms with E-state index in [0.717, 1.165) is 0 Å². The maximum Gasteiger partial charge on any atom is 0.331 e. The molecule has 0 spiro atoms. The van der Waals surface area contributed by atoms with Crippen LogP contribution in [-0.4, -0.2) is 39.7 Å². The first-order valence-electron chi connectivity index (χ1n) is 7.92. The van der Waals surface area contributed by atoms with E-state index in [9.17, 15) is 9.59 Å². The van der Waals surface area contributed by atoms with Gasteiger partial charge < -0.3 is 18.9 Å². The lowest BCUT2D eigenvalue weighted by molar-refractivity contribution is -0.136. The first-order chi connectivity index (χ1) is 13.0. The Morgan fingerprint density at radius 2 is 1.70 bits per heavy atom. The van der Waals surface area contributed by atoms with Crippen LogP contribution in [0.15, 0.2) is 42.5 Å². The van der Waals surface area contributed by atoms with E-state index in [2.05, 4.69) is 0 Å². The number of ketones is 1. The van der Waals surface area contributed by atoms with Crippen molar-refractivity contribution < 1.29 is 28.5 Å². The van der Waals surface area contributed by atoms with Gasteiger partial charge in [-0.1, -0.05) is 11.6 Å². The summed E-state index contributed by atoms with van der Waals surface area (Å²) >= 11 is 5.99. The van der Waals surface area contributed by atoms with Crippen molar-refractivity contribution >= 4 is 29.4 Å². The minimum Gasteiger partial charge on any atom is -0.497 e. The molecule has 0 bridgehead atoms. The number of Topliss-reactive ketones (excluding diaryl/α,β-unsaturated/α-hetero) is 1. The number of esters is 1. The molecular weight excluding hydrogens is 372 g/mol. The number of methoxy groups -OCH3 is 3. The molecule has 0 heterocycles. The third-order valence-corrected chi connectivity index (χ3v) is 3.95. The molecule has 0 aliphatic heterocycles. The Kier molecular flexibility index (Phi) is 7.25. The normalized spacial score (nSPS) is 10.5. The summed E-state index contributed by atoms with van der Waals surface area (Å²) < 4.78 is 20.4. The van der Waals surface area contributed by atoms with Crippen LogP contribution in [0, 0.1) is 0 Å². The smallest absolute Gasteiger partial charge is 0.331 e. The second kappa shape index (κ2) is 9.64. The SMILES string of the molecule is COc1ccc(/C=C/C(=O)OCC(=O)c2ccc(OC)c(Cl)c2)c(OC)c1. The molecule has 27 heavy (non-hydrogen) atoms. The van der Waals surface area contributed by atoms with Gasteiger partial charge in [-0.15, -0.1) is 0 Å². The number of ether oxygens (including phenoxy) is 4. The van der Waals surface area contributed by atoms with Crippen molar-refractivity contribution in [3.63, 3.8) is 0 Å². The summed E-state index contributed by atoms with van der Waals surface area (Å²) in [6.45, 7) is -0.397. The predicted octanol–water partition coefficient (Wildman–Crippen LogP) is 3.81. The fraction of sp³-hybridized carbons (Fsp3) is 0.200. The molecular formula is C20H19ClO6. The molecule has 0 unspecified atom stereocenters. The standard InChI is InChI=1S/C20H19ClO6/c1-24-15-7-4-13(19(11-15)26-3)6-9-20(23)27-12-17(22)14-5-8-18(25-2)16(21)10-14/h4-11H,12H2,1-3H3/b9-6+. The van der Waals surface area contributed by atoms with E-state index in [1.165, 1.54) is 32.4 Å². The third-order valence-electron chi connectivity index (χ3n) is 3.66. The summed E-state index contributed by atoms with van der Waals surface area (Å²) in [6, 6.07) is 9.78. The van der Waals surface area contributed by atoms with Crippen LogP contribution in [0.2, 0.25) is 5.02 Å². The van der Waals surface area contributed by atoms with Crippen LogP contribution in [0.5, 0.6) is 17.2 Å². The van der Waals surface area contributed by atoms with E-state index in [4.69, 9.17) is 30.5 Å². The van der Waals surface area contributed by atoms with E-state index < -0.39 is 12.6 Å². The van der Waals surface area contributed by atoms with Gasteiger partial charge in [-0.3, -0.25) is 4.79 Å². The minimum absolute atomic E-state index is 0.307. The topological polar surface area (TPSA) is 71.1 Å². The van der Waals surface area contributed by atoms with Crippen LogP contribution >= 0.6 is 11.6 Å². The highest BCUT2D eigenvalue weighted by Crippen LogP contribution is 2.26. The van der Waals surface area contributed by atoms with E-state index >= 15 is 0 Å². The van der Waals surface area contributed by atoms with Crippen molar-refractivity contribution in [3.8, 4) is 17.2 Å². The van der Waals surface area contributed by atoms with Crippen molar-refractivity contribution in [2.24, 2.45) is 0 Å². The Hall–Kier alpha value is -2.99. The van der Waals surface area contributed by atoms with Crippen LogP contribution in [0.4, 0.5) is 0 Å². The van der Waals surface area contributed by atoms with Gasteiger partial charge in [-0.05, 0) is 36.4 Å². The lowest BCUT2D eigenvalue weighted by atomic mass is 10.1. The molecule has 142 valence electrons. The van der Waals surface area contributed by atoms with Crippen molar-refractivity contribution in [3.05, 3.63) is 58.6 Å². The molecule has 0 radical (unpaired) electrons. The zero-order valence-electron chi connectivity index (χ0n) is 15.2. The Morgan fingerprint density at radius 1 is 0.963 bits per heavy atom. The quantitative estimate of drug-likeness (QED) is 0.388. The summed E-state index contributed by atoms with van der Waals surface area (Å²) in [4.78, 5) is 24.0. The molecule has 0 saturated carbocycles. The molecule has 6 nitrogen and oxygen atoms in total. The van der Waals surface area contributed by atoms with E-state index in [1.807, 2.05) is 0 Å². The highest BCUT2D eigenvalue weighted by molar-refractivity contribution is 6.32. The lowest BCUT2D eigenvalue weighted by Gasteiger charge is -2.07. The van der Waals surface area contributed by atoms with Gasteiger partial charge in [-0.2, -0.15) is 0 Å². The highest BCUT2D eigenvalue weighted by Gasteiger charge is 2.11. The molecule has 7 heteroatoms.